The summed E-state index contributed by atoms with van der Waals surface area (Å²) in [6, 6.07) is 0. The first-order valence-electron chi connectivity index (χ1n) is 5.03. The van der Waals surface area contributed by atoms with Crippen molar-refractivity contribution >= 4 is 5.97 Å². The molecule has 1 aliphatic carbocycles. The molecule has 4 heteroatoms. The van der Waals surface area contributed by atoms with Crippen LogP contribution in [0.5, 0.6) is 0 Å². The Bertz CT molecular complexity index is 327. The summed E-state index contributed by atoms with van der Waals surface area (Å²) in [5.41, 5.74) is 0. The minimum absolute atomic E-state index is 0.190. The van der Waals surface area contributed by atoms with Gasteiger partial charge in [0.1, 0.15) is 0 Å². The van der Waals surface area contributed by atoms with Crippen LogP contribution in [0.1, 0.15) is 12.8 Å². The van der Waals surface area contributed by atoms with Crippen LogP contribution in [0.25, 0.3) is 0 Å². The van der Waals surface area contributed by atoms with Gasteiger partial charge in [-0.3, -0.25) is 9.69 Å². The molecule has 3 nitrogen and oxygen atoms in total. The van der Waals surface area contributed by atoms with Crippen LogP contribution in [0.2, 0.25) is 0 Å². The van der Waals surface area contributed by atoms with E-state index in [9.17, 15) is 9.18 Å². The number of halogens is 1. The minimum atomic E-state index is -1.53. The van der Waals surface area contributed by atoms with Crippen molar-refractivity contribution in [2.75, 3.05) is 13.1 Å². The van der Waals surface area contributed by atoms with E-state index in [2.05, 4.69) is 6.08 Å². The molecule has 0 saturated carbocycles. The molecule has 1 fully saturated rings. The fourth-order valence-corrected chi connectivity index (χ4v) is 2.04. The van der Waals surface area contributed by atoms with Gasteiger partial charge in [0, 0.05) is 19.5 Å². The Morgan fingerprint density at radius 3 is 3.00 bits per heavy atom. The molecule has 0 spiro atoms. The van der Waals surface area contributed by atoms with Crippen molar-refractivity contribution in [1.29, 1.82) is 0 Å². The highest BCUT2D eigenvalue weighted by Crippen LogP contribution is 2.32. The molecule has 0 aromatic rings. The number of carbonyl (C=O) groups is 1. The molecular weight excluding hydrogens is 197 g/mol. The second-order valence-electron chi connectivity index (χ2n) is 4.00. The maximum Gasteiger partial charge on any atom is 0.307 e. The van der Waals surface area contributed by atoms with E-state index in [1.54, 1.807) is 17.1 Å². The van der Waals surface area contributed by atoms with Crippen molar-refractivity contribution in [2.24, 2.45) is 5.92 Å². The summed E-state index contributed by atoms with van der Waals surface area (Å²) >= 11 is 0. The van der Waals surface area contributed by atoms with Gasteiger partial charge in [-0.1, -0.05) is 12.2 Å². The Labute approximate surface area is 87.9 Å². The van der Waals surface area contributed by atoms with E-state index in [1.807, 2.05) is 0 Å². The molecule has 0 bridgehead atoms. The van der Waals surface area contributed by atoms with Crippen LogP contribution in [0.15, 0.2) is 18.2 Å². The summed E-state index contributed by atoms with van der Waals surface area (Å²) in [5.74, 6) is -2.80. The number of alkyl halides is 1. The zero-order chi connectivity index (χ0) is 10.9. The smallest absolute Gasteiger partial charge is 0.307 e. The summed E-state index contributed by atoms with van der Waals surface area (Å²) in [6.45, 7) is 0.789. The van der Waals surface area contributed by atoms with Gasteiger partial charge in [0.2, 0.25) is 0 Å². The highest BCUT2D eigenvalue weighted by molar-refractivity contribution is 5.70. The fraction of sp³-hybridized carbons (Fsp3) is 0.545. The Morgan fingerprint density at radius 1 is 1.67 bits per heavy atom. The largest absolute Gasteiger partial charge is 0.481 e. The number of aliphatic carboxylic acids is 1. The minimum Gasteiger partial charge on any atom is -0.481 e. The van der Waals surface area contributed by atoms with Gasteiger partial charge in [0.05, 0.1) is 5.92 Å². The molecule has 15 heavy (non-hydrogen) atoms. The molecular formula is C11H13FNO2. The van der Waals surface area contributed by atoms with Gasteiger partial charge in [0.15, 0.2) is 5.79 Å². The molecule has 0 amide bonds. The third kappa shape index (κ3) is 1.95. The first kappa shape index (κ1) is 10.4. The van der Waals surface area contributed by atoms with Gasteiger partial charge >= 0.3 is 5.97 Å². The van der Waals surface area contributed by atoms with E-state index in [4.69, 9.17) is 5.11 Å². The first-order chi connectivity index (χ1) is 7.12. The quantitative estimate of drug-likeness (QED) is 0.700. The highest BCUT2D eigenvalue weighted by atomic mass is 19.1. The number of carboxylic acid groups (broad SMARTS) is 1. The van der Waals surface area contributed by atoms with Gasteiger partial charge in [-0.25, -0.2) is 4.39 Å². The number of nitrogens with zero attached hydrogens (tertiary/aromatic N) is 1. The SMILES string of the molecule is O=C(O)C1CCN(C2(F)C=CC=[C]C2)C1. The Hall–Kier alpha value is -1.16. The standard InChI is InChI=1S/C11H13FNO2/c12-11(5-2-1-3-6-11)13-7-4-9(8-13)10(14)15/h1-2,5,9H,4,6-8H2,(H,14,15). The fourth-order valence-electron chi connectivity index (χ4n) is 2.04. The molecule has 1 saturated heterocycles. The number of rotatable bonds is 2. The van der Waals surface area contributed by atoms with Gasteiger partial charge in [-0.2, -0.15) is 0 Å². The van der Waals surface area contributed by atoms with Crippen LogP contribution in [0, 0.1) is 12.0 Å². The summed E-state index contributed by atoms with van der Waals surface area (Å²) in [4.78, 5) is 12.3. The first-order valence-corrected chi connectivity index (χ1v) is 5.03. The van der Waals surface area contributed by atoms with Gasteiger partial charge in [-0.05, 0) is 18.6 Å². The van der Waals surface area contributed by atoms with Crippen LogP contribution < -0.4 is 0 Å². The number of likely N-dealkylation sites (tertiary alicyclic amines) is 1. The Balaban J connectivity index is 2.04. The zero-order valence-electron chi connectivity index (χ0n) is 8.32. The second-order valence-corrected chi connectivity index (χ2v) is 4.00. The van der Waals surface area contributed by atoms with Crippen molar-refractivity contribution < 1.29 is 14.3 Å². The summed E-state index contributed by atoms with van der Waals surface area (Å²) in [6.07, 6.45) is 8.32. The lowest BCUT2D eigenvalue weighted by Gasteiger charge is -2.32. The van der Waals surface area contributed by atoms with E-state index in [1.165, 1.54) is 6.08 Å². The lowest BCUT2D eigenvalue weighted by Crippen LogP contribution is -2.42. The maximum absolute atomic E-state index is 14.3. The summed E-state index contributed by atoms with van der Waals surface area (Å²) < 4.78 is 14.3. The molecule has 1 heterocycles. The average molecular weight is 210 g/mol. The highest BCUT2D eigenvalue weighted by Gasteiger charge is 2.40. The molecule has 2 rings (SSSR count). The zero-order valence-corrected chi connectivity index (χ0v) is 8.32. The Kier molecular flexibility index (Phi) is 2.61. The molecule has 2 atom stereocenters. The topological polar surface area (TPSA) is 40.5 Å². The third-order valence-electron chi connectivity index (χ3n) is 2.98. The van der Waals surface area contributed by atoms with Gasteiger partial charge in [0.25, 0.3) is 0 Å². The number of carboxylic acids is 1. The van der Waals surface area contributed by atoms with Crippen LogP contribution in [-0.2, 0) is 4.79 Å². The molecule has 0 aromatic heterocycles. The van der Waals surface area contributed by atoms with Crippen molar-refractivity contribution in [3.8, 4) is 0 Å². The van der Waals surface area contributed by atoms with E-state index in [0.29, 0.717) is 13.0 Å². The third-order valence-corrected chi connectivity index (χ3v) is 2.98. The number of hydrogen-bond acceptors (Lipinski definition) is 2. The normalized spacial score (nSPS) is 35.9. The summed E-state index contributed by atoms with van der Waals surface area (Å²) in [5, 5.41) is 8.82. The molecule has 1 N–H and O–H groups in total. The van der Waals surface area contributed by atoms with Crippen LogP contribution >= 0.6 is 0 Å². The van der Waals surface area contributed by atoms with E-state index < -0.39 is 17.7 Å². The lowest BCUT2D eigenvalue weighted by atomic mass is 10.0. The van der Waals surface area contributed by atoms with Crippen molar-refractivity contribution in [2.45, 2.75) is 18.6 Å². The van der Waals surface area contributed by atoms with E-state index in [-0.39, 0.29) is 13.0 Å². The average Bonchev–Trinajstić information content (AvgIpc) is 2.68. The monoisotopic (exact) mass is 210 g/mol. The molecule has 0 aromatic carbocycles. The van der Waals surface area contributed by atoms with E-state index in [0.717, 1.165) is 0 Å². The maximum atomic E-state index is 14.3. The summed E-state index contributed by atoms with van der Waals surface area (Å²) in [7, 11) is 0. The predicted molar refractivity (Wildman–Crippen MR) is 52.7 cm³/mol. The second kappa shape index (κ2) is 3.77. The van der Waals surface area contributed by atoms with Crippen LogP contribution in [0.4, 0.5) is 4.39 Å². The number of allylic oxidation sites excluding steroid dienone is 2. The predicted octanol–water partition coefficient (Wildman–Crippen LogP) is 1.38. The van der Waals surface area contributed by atoms with Crippen LogP contribution in [-0.4, -0.2) is 34.9 Å². The molecule has 2 aliphatic rings. The molecule has 2 unspecified atom stereocenters. The molecule has 81 valence electrons. The molecule has 1 aliphatic heterocycles. The van der Waals surface area contributed by atoms with Gasteiger partial charge < -0.3 is 5.11 Å². The molecule has 1 radical (unpaired) electrons. The van der Waals surface area contributed by atoms with E-state index >= 15 is 0 Å². The Morgan fingerprint density at radius 2 is 2.47 bits per heavy atom. The van der Waals surface area contributed by atoms with Crippen molar-refractivity contribution in [1.82, 2.24) is 4.90 Å². The number of hydrogen-bond donors (Lipinski definition) is 1. The van der Waals surface area contributed by atoms with Crippen LogP contribution in [0.3, 0.4) is 0 Å². The van der Waals surface area contributed by atoms with Crippen molar-refractivity contribution in [3.05, 3.63) is 24.3 Å². The van der Waals surface area contributed by atoms with Gasteiger partial charge in [-0.15, -0.1) is 0 Å². The van der Waals surface area contributed by atoms with Crippen molar-refractivity contribution in [3.63, 3.8) is 0 Å². The lowest BCUT2D eigenvalue weighted by molar-refractivity contribution is -0.141.